The van der Waals surface area contributed by atoms with E-state index in [1.54, 1.807) is 16.8 Å². The normalized spacial score (nSPS) is 17.9. The van der Waals surface area contributed by atoms with Crippen LogP contribution in [0.25, 0.3) is 11.0 Å². The van der Waals surface area contributed by atoms with Crippen LogP contribution in [0.1, 0.15) is 54.8 Å². The summed E-state index contributed by atoms with van der Waals surface area (Å²) in [5.74, 6) is 0.807. The van der Waals surface area contributed by atoms with Gasteiger partial charge in [0.2, 0.25) is 5.95 Å². The number of ketones is 1. The predicted octanol–water partition coefficient (Wildman–Crippen LogP) is 3.76. The molecule has 3 aromatic rings. The summed E-state index contributed by atoms with van der Waals surface area (Å²) in [6, 6.07) is 9.86. The van der Waals surface area contributed by atoms with Gasteiger partial charge in [0.15, 0.2) is 0 Å². The van der Waals surface area contributed by atoms with Gasteiger partial charge in [-0.1, -0.05) is 18.9 Å². The molecule has 180 valence electrons. The highest BCUT2D eigenvalue weighted by molar-refractivity contribution is 5.83. The Hall–Kier alpha value is -3.57. The average molecular weight is 471 g/mol. The van der Waals surface area contributed by atoms with Crippen LogP contribution < -0.4 is 10.9 Å². The molecule has 1 atom stereocenters. The molecule has 0 spiro atoms. The molecule has 2 aromatic heterocycles. The summed E-state index contributed by atoms with van der Waals surface area (Å²) in [5, 5.41) is 13.4. The molecule has 2 heterocycles. The first-order valence-corrected chi connectivity index (χ1v) is 12.3. The Kier molecular flexibility index (Phi) is 6.35. The van der Waals surface area contributed by atoms with Crippen molar-refractivity contribution in [1.29, 1.82) is 5.26 Å². The second-order valence-corrected chi connectivity index (χ2v) is 10.0. The van der Waals surface area contributed by atoms with Gasteiger partial charge in [-0.05, 0) is 75.5 Å². The number of nitriles is 1. The van der Waals surface area contributed by atoms with Gasteiger partial charge >= 0.3 is 0 Å². The van der Waals surface area contributed by atoms with E-state index in [9.17, 15) is 14.9 Å². The Morgan fingerprint density at radius 3 is 2.74 bits per heavy atom. The second-order valence-electron chi connectivity index (χ2n) is 10.0. The van der Waals surface area contributed by atoms with Crippen LogP contribution in [0, 0.1) is 17.2 Å². The third kappa shape index (κ3) is 4.69. The summed E-state index contributed by atoms with van der Waals surface area (Å²) >= 11 is 0. The van der Waals surface area contributed by atoms with E-state index in [2.05, 4.69) is 22.4 Å². The minimum absolute atomic E-state index is 0.0629. The SMILES string of the molecule is CN(C)CC(=O)C1CCc2cc(Nc3ncc4cc(C#N)c(=O)n(C5CCCC5)c4n3)ccc2C1. The van der Waals surface area contributed by atoms with E-state index < -0.39 is 0 Å². The first-order chi connectivity index (χ1) is 16.9. The molecule has 0 aliphatic heterocycles. The highest BCUT2D eigenvalue weighted by atomic mass is 16.1. The van der Waals surface area contributed by atoms with Crippen LogP contribution >= 0.6 is 0 Å². The topological polar surface area (TPSA) is 104 Å². The van der Waals surface area contributed by atoms with E-state index in [1.165, 1.54) is 11.1 Å². The number of aryl methyl sites for hydroxylation is 1. The summed E-state index contributed by atoms with van der Waals surface area (Å²) in [5.41, 5.74) is 3.77. The molecule has 1 aromatic carbocycles. The molecule has 2 aliphatic carbocycles. The molecule has 1 unspecified atom stereocenters. The lowest BCUT2D eigenvalue weighted by Crippen LogP contribution is -2.31. The maximum absolute atomic E-state index is 13.0. The Labute approximate surface area is 204 Å². The van der Waals surface area contributed by atoms with E-state index in [4.69, 9.17) is 4.98 Å². The van der Waals surface area contributed by atoms with Gasteiger partial charge in [0.1, 0.15) is 23.1 Å². The summed E-state index contributed by atoms with van der Waals surface area (Å²) in [6.07, 6.45) is 8.17. The molecule has 1 saturated carbocycles. The van der Waals surface area contributed by atoms with Crippen molar-refractivity contribution in [2.75, 3.05) is 26.0 Å². The van der Waals surface area contributed by atoms with Gasteiger partial charge in [-0.3, -0.25) is 14.2 Å². The molecule has 1 fully saturated rings. The van der Waals surface area contributed by atoms with Crippen molar-refractivity contribution in [3.63, 3.8) is 0 Å². The van der Waals surface area contributed by atoms with Gasteiger partial charge in [-0.2, -0.15) is 10.2 Å². The van der Waals surface area contributed by atoms with Crippen LogP contribution in [-0.2, 0) is 17.6 Å². The molecule has 2 aliphatic rings. The zero-order chi connectivity index (χ0) is 24.5. The van der Waals surface area contributed by atoms with Crippen molar-refractivity contribution in [3.05, 3.63) is 57.5 Å². The Morgan fingerprint density at radius 2 is 2.00 bits per heavy atom. The number of anilines is 2. The lowest BCUT2D eigenvalue weighted by Gasteiger charge is -2.25. The smallest absolute Gasteiger partial charge is 0.270 e. The largest absolute Gasteiger partial charge is 0.324 e. The average Bonchev–Trinajstić information content (AvgIpc) is 3.37. The van der Waals surface area contributed by atoms with Crippen LogP contribution in [0.3, 0.4) is 0 Å². The molecule has 0 amide bonds. The van der Waals surface area contributed by atoms with Crippen molar-refractivity contribution in [1.82, 2.24) is 19.4 Å². The number of nitrogens with one attached hydrogen (secondary N) is 1. The molecule has 1 N–H and O–H groups in total. The van der Waals surface area contributed by atoms with E-state index in [1.807, 2.05) is 31.1 Å². The standard InChI is InChI=1S/C27H30N6O2/c1-32(2)16-24(34)19-8-7-18-13-22(10-9-17(18)11-19)30-27-29-15-21-12-20(14-28)26(35)33(25(21)31-27)23-5-3-4-6-23/h9-10,12-13,15,19,23H,3-8,11,16H2,1-2H3,(H,29,30,31). The van der Waals surface area contributed by atoms with E-state index in [-0.39, 0.29) is 23.1 Å². The quantitative estimate of drug-likeness (QED) is 0.585. The number of hydrogen-bond acceptors (Lipinski definition) is 7. The number of fused-ring (bicyclic) bond motifs is 2. The van der Waals surface area contributed by atoms with Gasteiger partial charge in [0.05, 0.1) is 6.54 Å². The summed E-state index contributed by atoms with van der Waals surface area (Å²) in [4.78, 5) is 36.6. The molecular weight excluding hydrogens is 440 g/mol. The summed E-state index contributed by atoms with van der Waals surface area (Å²) in [7, 11) is 3.86. The van der Waals surface area contributed by atoms with Crippen molar-refractivity contribution >= 4 is 28.5 Å². The van der Waals surface area contributed by atoms with Crippen molar-refractivity contribution in [3.8, 4) is 6.07 Å². The number of pyridine rings is 1. The molecule has 0 bridgehead atoms. The Bertz CT molecular complexity index is 1380. The molecule has 0 radical (unpaired) electrons. The van der Waals surface area contributed by atoms with E-state index in [0.29, 0.717) is 29.3 Å². The molecule has 8 nitrogen and oxygen atoms in total. The Balaban J connectivity index is 1.41. The number of carbonyl (C=O) groups is 1. The zero-order valence-electron chi connectivity index (χ0n) is 20.3. The van der Waals surface area contributed by atoms with Gasteiger partial charge in [0, 0.05) is 29.2 Å². The van der Waals surface area contributed by atoms with Crippen LogP contribution in [0.4, 0.5) is 11.6 Å². The number of hydrogen-bond donors (Lipinski definition) is 1. The minimum Gasteiger partial charge on any atom is -0.324 e. The predicted molar refractivity (Wildman–Crippen MR) is 135 cm³/mol. The summed E-state index contributed by atoms with van der Waals surface area (Å²) in [6.45, 7) is 0.487. The fraction of sp³-hybridized carbons (Fsp3) is 0.444. The fourth-order valence-electron chi connectivity index (χ4n) is 5.44. The summed E-state index contributed by atoms with van der Waals surface area (Å²) < 4.78 is 1.70. The van der Waals surface area contributed by atoms with E-state index in [0.717, 1.165) is 50.6 Å². The van der Waals surface area contributed by atoms with Crippen LogP contribution in [0.2, 0.25) is 0 Å². The van der Waals surface area contributed by atoms with Gasteiger partial charge in [0.25, 0.3) is 5.56 Å². The van der Waals surface area contributed by atoms with Gasteiger partial charge < -0.3 is 10.2 Å². The molecular formula is C27H30N6O2. The third-order valence-corrected chi connectivity index (χ3v) is 7.20. The number of aromatic nitrogens is 3. The first kappa shape index (κ1) is 23.2. The number of likely N-dealkylation sites (N-methyl/N-ethyl adjacent to an activating group) is 1. The lowest BCUT2D eigenvalue weighted by molar-refractivity contribution is -0.123. The third-order valence-electron chi connectivity index (χ3n) is 7.20. The highest BCUT2D eigenvalue weighted by Gasteiger charge is 2.25. The number of rotatable bonds is 6. The van der Waals surface area contributed by atoms with Crippen LogP contribution in [-0.4, -0.2) is 45.9 Å². The fourth-order valence-corrected chi connectivity index (χ4v) is 5.44. The van der Waals surface area contributed by atoms with Gasteiger partial charge in [-0.25, -0.2) is 4.98 Å². The van der Waals surface area contributed by atoms with Crippen LogP contribution in [0.15, 0.2) is 35.3 Å². The van der Waals surface area contributed by atoms with Crippen molar-refractivity contribution in [2.24, 2.45) is 5.92 Å². The lowest BCUT2D eigenvalue weighted by atomic mass is 9.81. The van der Waals surface area contributed by atoms with Crippen LogP contribution in [0.5, 0.6) is 0 Å². The van der Waals surface area contributed by atoms with Crippen molar-refractivity contribution < 1.29 is 4.79 Å². The number of Topliss-reactive ketones (excluding diaryl/α,β-unsaturated/α-hetero) is 1. The number of carbonyl (C=O) groups excluding carboxylic acids is 1. The molecule has 35 heavy (non-hydrogen) atoms. The monoisotopic (exact) mass is 470 g/mol. The maximum Gasteiger partial charge on any atom is 0.270 e. The van der Waals surface area contributed by atoms with E-state index >= 15 is 0 Å². The second kappa shape index (κ2) is 9.59. The molecule has 5 rings (SSSR count). The number of nitrogens with zero attached hydrogens (tertiary/aromatic N) is 5. The zero-order valence-corrected chi connectivity index (χ0v) is 20.3. The first-order valence-electron chi connectivity index (χ1n) is 12.3. The number of benzene rings is 1. The molecule has 8 heteroatoms. The van der Waals surface area contributed by atoms with Gasteiger partial charge in [-0.15, -0.1) is 0 Å². The highest BCUT2D eigenvalue weighted by Crippen LogP contribution is 2.32. The maximum atomic E-state index is 13.0. The minimum atomic E-state index is -0.274. The Morgan fingerprint density at radius 1 is 1.20 bits per heavy atom. The van der Waals surface area contributed by atoms with Crippen molar-refractivity contribution in [2.45, 2.75) is 51.0 Å². The molecule has 0 saturated heterocycles.